The third-order valence-corrected chi connectivity index (χ3v) is 8.43. The highest BCUT2D eigenvalue weighted by molar-refractivity contribution is 7.88. The van der Waals surface area contributed by atoms with Crippen LogP contribution in [-0.4, -0.2) is 52.8 Å². The third-order valence-electron chi connectivity index (χ3n) is 7.12. The van der Waals surface area contributed by atoms with Crippen molar-refractivity contribution < 1.29 is 13.5 Å². The fourth-order valence-electron chi connectivity index (χ4n) is 5.66. The van der Waals surface area contributed by atoms with Gasteiger partial charge in [0.15, 0.2) is 0 Å². The molecule has 2 fully saturated rings. The number of aromatic nitrogens is 2. The van der Waals surface area contributed by atoms with E-state index in [-0.39, 0.29) is 17.4 Å². The molecule has 0 amide bonds. The molecule has 7 heteroatoms. The molecule has 5 rings (SSSR count). The maximum absolute atomic E-state index is 11.8. The van der Waals surface area contributed by atoms with Gasteiger partial charge in [-0.2, -0.15) is 0 Å². The van der Waals surface area contributed by atoms with Gasteiger partial charge < -0.3 is 9.67 Å². The van der Waals surface area contributed by atoms with Gasteiger partial charge in [-0.3, -0.25) is 0 Å². The highest BCUT2D eigenvalue weighted by atomic mass is 32.2. The molecule has 6 nitrogen and oxygen atoms in total. The molecule has 1 saturated carbocycles. The number of aliphatic hydroxyl groups is 1. The molecular formula is C20H25N3O3S. The zero-order chi connectivity index (χ0) is 18.8. The van der Waals surface area contributed by atoms with Crippen molar-refractivity contribution in [2.45, 2.75) is 37.8 Å². The summed E-state index contributed by atoms with van der Waals surface area (Å²) in [7, 11) is -3.15. The summed E-state index contributed by atoms with van der Waals surface area (Å²) < 4.78 is 27.4. The quantitative estimate of drug-likeness (QED) is 0.858. The summed E-state index contributed by atoms with van der Waals surface area (Å²) in [5, 5.41) is 11.4. The molecule has 3 heterocycles. The van der Waals surface area contributed by atoms with Crippen LogP contribution in [0.3, 0.4) is 0 Å². The van der Waals surface area contributed by atoms with Gasteiger partial charge in [0.2, 0.25) is 10.0 Å². The van der Waals surface area contributed by atoms with Gasteiger partial charge in [-0.1, -0.05) is 24.3 Å². The number of benzene rings is 1. The molecule has 0 radical (unpaired) electrons. The molecule has 1 aliphatic carbocycles. The first-order valence-corrected chi connectivity index (χ1v) is 11.5. The van der Waals surface area contributed by atoms with Crippen LogP contribution in [0, 0.1) is 11.3 Å². The summed E-state index contributed by atoms with van der Waals surface area (Å²) >= 11 is 0. The van der Waals surface area contributed by atoms with Crippen molar-refractivity contribution in [3.05, 3.63) is 42.4 Å². The van der Waals surface area contributed by atoms with Gasteiger partial charge in [-0.05, 0) is 36.7 Å². The largest absolute Gasteiger partial charge is 0.392 e. The molecule has 0 unspecified atom stereocenters. The van der Waals surface area contributed by atoms with E-state index in [0.717, 1.165) is 31.4 Å². The molecule has 1 N–H and O–H groups in total. The summed E-state index contributed by atoms with van der Waals surface area (Å²) in [4.78, 5) is 4.34. The van der Waals surface area contributed by atoms with Crippen LogP contribution in [0.5, 0.6) is 0 Å². The molecule has 1 aromatic heterocycles. The molecule has 1 spiro atoms. The molecule has 1 aromatic carbocycles. The fraction of sp³-hybridized carbons (Fsp3) is 0.550. The Balaban J connectivity index is 1.44. The van der Waals surface area contributed by atoms with Crippen molar-refractivity contribution >= 4 is 10.0 Å². The Hall–Kier alpha value is -1.70. The van der Waals surface area contributed by atoms with Crippen molar-refractivity contribution in [2.24, 2.45) is 11.3 Å². The van der Waals surface area contributed by atoms with Gasteiger partial charge >= 0.3 is 0 Å². The summed E-state index contributed by atoms with van der Waals surface area (Å²) in [5.74, 6) is 0.131. The van der Waals surface area contributed by atoms with Gasteiger partial charge in [0.05, 0.1) is 36.6 Å². The molecule has 2 aromatic rings. The van der Waals surface area contributed by atoms with Crippen molar-refractivity contribution in [1.82, 2.24) is 13.9 Å². The minimum Gasteiger partial charge on any atom is -0.392 e. The lowest BCUT2D eigenvalue weighted by Crippen LogP contribution is -2.47. The number of imidazole rings is 1. The predicted octanol–water partition coefficient (Wildman–Crippen LogP) is 2.27. The zero-order valence-corrected chi connectivity index (χ0v) is 16.3. The van der Waals surface area contributed by atoms with E-state index in [2.05, 4.69) is 27.8 Å². The third kappa shape index (κ3) is 2.52. The Morgan fingerprint density at radius 2 is 1.93 bits per heavy atom. The molecule has 0 bridgehead atoms. The molecule has 144 valence electrons. The van der Waals surface area contributed by atoms with Crippen molar-refractivity contribution in [3.8, 4) is 11.3 Å². The predicted molar refractivity (Wildman–Crippen MR) is 103 cm³/mol. The zero-order valence-electron chi connectivity index (χ0n) is 15.5. The molecule has 3 aliphatic rings. The number of nitrogens with zero attached hydrogens (tertiary/aromatic N) is 3. The molecular weight excluding hydrogens is 362 g/mol. The lowest BCUT2D eigenvalue weighted by Gasteiger charge is -2.42. The second kappa shape index (κ2) is 5.90. The minimum atomic E-state index is -3.15. The number of piperidine rings is 1. The summed E-state index contributed by atoms with van der Waals surface area (Å²) in [6.07, 6.45) is 8.02. The highest BCUT2D eigenvalue weighted by Gasteiger charge is 2.53. The van der Waals surface area contributed by atoms with Crippen LogP contribution in [0.4, 0.5) is 0 Å². The highest BCUT2D eigenvalue weighted by Crippen LogP contribution is 2.55. The van der Waals surface area contributed by atoms with Crippen LogP contribution >= 0.6 is 0 Å². The smallest absolute Gasteiger partial charge is 0.211 e. The van der Waals surface area contributed by atoms with E-state index in [0.29, 0.717) is 13.1 Å². The number of sulfonamides is 1. The van der Waals surface area contributed by atoms with E-state index < -0.39 is 16.1 Å². The second-order valence-corrected chi connectivity index (χ2v) is 10.4. The van der Waals surface area contributed by atoms with E-state index in [9.17, 15) is 13.5 Å². The van der Waals surface area contributed by atoms with Crippen LogP contribution in [0.15, 0.2) is 36.8 Å². The number of fused-ring (bicyclic) bond motifs is 3. The Bertz CT molecular complexity index is 976. The van der Waals surface area contributed by atoms with E-state index in [1.807, 2.05) is 18.6 Å². The van der Waals surface area contributed by atoms with Gasteiger partial charge in [-0.25, -0.2) is 17.7 Å². The van der Waals surface area contributed by atoms with Crippen molar-refractivity contribution in [2.75, 3.05) is 19.3 Å². The van der Waals surface area contributed by atoms with Crippen LogP contribution in [0.1, 0.15) is 37.3 Å². The summed E-state index contributed by atoms with van der Waals surface area (Å²) in [6, 6.07) is 8.52. The molecule has 1 saturated heterocycles. The Morgan fingerprint density at radius 3 is 2.67 bits per heavy atom. The number of hydrogen-bond donors (Lipinski definition) is 1. The molecule has 2 aliphatic heterocycles. The number of aliphatic hydroxyl groups excluding tert-OH is 1. The molecule has 3 atom stereocenters. The van der Waals surface area contributed by atoms with E-state index in [1.165, 1.54) is 17.4 Å². The average molecular weight is 388 g/mol. The first-order chi connectivity index (χ1) is 12.9. The average Bonchev–Trinajstić information content (AvgIpc) is 3.30. The van der Waals surface area contributed by atoms with Crippen molar-refractivity contribution in [3.63, 3.8) is 0 Å². The number of hydrogen-bond acceptors (Lipinski definition) is 4. The summed E-state index contributed by atoms with van der Waals surface area (Å²) in [6.45, 7) is 1.03. The van der Waals surface area contributed by atoms with Crippen LogP contribution in [0.2, 0.25) is 0 Å². The van der Waals surface area contributed by atoms with Gasteiger partial charge in [-0.15, -0.1) is 0 Å². The SMILES string of the molecule is CS(=O)(=O)N1CCC2(CC[C@@H]([C@H]3c4ccccc4-c4cncn43)[C@@H]2O)CC1. The second-order valence-electron chi connectivity index (χ2n) is 8.39. The van der Waals surface area contributed by atoms with Crippen LogP contribution in [-0.2, 0) is 10.0 Å². The minimum absolute atomic E-state index is 0.112. The first kappa shape index (κ1) is 17.4. The standard InChI is InChI=1S/C20H25N3O3S/c1-27(25,26)22-10-8-20(9-11-22)7-6-16(19(20)24)18-15-5-3-2-4-14(15)17-12-21-13-23(17)18/h2-5,12-13,16,18-19,24H,6-11H2,1H3/t16-,18+,19-/m0/s1. The topological polar surface area (TPSA) is 75.4 Å². The van der Waals surface area contributed by atoms with E-state index in [4.69, 9.17) is 0 Å². The van der Waals surface area contributed by atoms with Crippen molar-refractivity contribution in [1.29, 1.82) is 0 Å². The van der Waals surface area contributed by atoms with Gasteiger partial charge in [0.25, 0.3) is 0 Å². The maximum Gasteiger partial charge on any atom is 0.211 e. The van der Waals surface area contributed by atoms with E-state index >= 15 is 0 Å². The van der Waals surface area contributed by atoms with Crippen LogP contribution < -0.4 is 0 Å². The maximum atomic E-state index is 11.8. The fourth-order valence-corrected chi connectivity index (χ4v) is 6.51. The Kier molecular flexibility index (Phi) is 3.80. The lowest BCUT2D eigenvalue weighted by atomic mass is 9.73. The monoisotopic (exact) mass is 387 g/mol. The normalized spacial score (nSPS) is 29.8. The Labute approximate surface area is 159 Å². The van der Waals surface area contributed by atoms with Gasteiger partial charge in [0, 0.05) is 24.6 Å². The van der Waals surface area contributed by atoms with E-state index in [1.54, 1.807) is 4.31 Å². The van der Waals surface area contributed by atoms with Crippen LogP contribution in [0.25, 0.3) is 11.3 Å². The lowest BCUT2D eigenvalue weighted by molar-refractivity contribution is -0.0145. The summed E-state index contributed by atoms with van der Waals surface area (Å²) in [5.41, 5.74) is 3.43. The first-order valence-electron chi connectivity index (χ1n) is 9.65. The Morgan fingerprint density at radius 1 is 1.19 bits per heavy atom. The number of rotatable bonds is 2. The van der Waals surface area contributed by atoms with Gasteiger partial charge in [0.1, 0.15) is 0 Å². The molecule has 27 heavy (non-hydrogen) atoms.